The first kappa shape index (κ1) is 14.2. The fraction of sp³-hybridized carbons (Fsp3) is 0.875. The number of carbonyl (C=O) groups excluding carboxylic acids is 1. The van der Waals surface area contributed by atoms with Crippen molar-refractivity contribution < 1.29 is 27.5 Å². The van der Waals surface area contributed by atoms with Gasteiger partial charge >= 0.3 is 12.3 Å². The summed E-state index contributed by atoms with van der Waals surface area (Å²) in [5.41, 5.74) is 0. The number of hydrogen-bond donors (Lipinski definition) is 2. The molecule has 0 saturated heterocycles. The molecule has 90 valence electrons. The van der Waals surface area contributed by atoms with Crippen molar-refractivity contribution >= 4 is 5.91 Å². The first-order valence-electron chi connectivity index (χ1n) is 4.43. The first-order chi connectivity index (χ1) is 6.90. The summed E-state index contributed by atoms with van der Waals surface area (Å²) in [5, 5.41) is 10.1. The zero-order chi connectivity index (χ0) is 11.9. The van der Waals surface area contributed by atoms with Gasteiger partial charge in [0.15, 0.2) is 0 Å². The lowest BCUT2D eigenvalue weighted by atomic mass is 10.2. The van der Waals surface area contributed by atoms with Crippen molar-refractivity contribution in [1.82, 2.24) is 5.32 Å². The van der Waals surface area contributed by atoms with Gasteiger partial charge in [-0.3, -0.25) is 4.79 Å². The van der Waals surface area contributed by atoms with E-state index in [0.29, 0.717) is 12.8 Å². The number of alkyl halides is 4. The van der Waals surface area contributed by atoms with Gasteiger partial charge in [-0.1, -0.05) is 0 Å². The van der Waals surface area contributed by atoms with Crippen LogP contribution in [-0.2, 0) is 4.79 Å². The minimum Gasteiger partial charge on any atom is -0.396 e. The van der Waals surface area contributed by atoms with Crippen molar-refractivity contribution in [2.45, 2.75) is 31.6 Å². The molecule has 0 aromatic heterocycles. The maximum Gasteiger partial charge on any atom is 0.324 e. The predicted molar refractivity (Wildman–Crippen MR) is 44.9 cm³/mol. The minimum atomic E-state index is -4.19. The quantitative estimate of drug-likeness (QED) is 0.510. The van der Waals surface area contributed by atoms with E-state index < -0.39 is 24.8 Å². The first-order valence-corrected chi connectivity index (χ1v) is 4.43. The SMILES string of the molecule is O=C(CCCCO)NCC(F)(F)C(F)F. The molecular formula is C8H13F4NO2. The summed E-state index contributed by atoms with van der Waals surface area (Å²) in [6, 6.07) is 0. The number of nitrogens with one attached hydrogen (secondary N) is 1. The third kappa shape index (κ3) is 6.27. The second-order valence-corrected chi connectivity index (χ2v) is 3.02. The van der Waals surface area contributed by atoms with Gasteiger partial charge in [-0.05, 0) is 12.8 Å². The summed E-state index contributed by atoms with van der Waals surface area (Å²) in [4.78, 5) is 10.8. The fourth-order valence-electron chi connectivity index (χ4n) is 0.779. The molecule has 0 bridgehead atoms. The summed E-state index contributed by atoms with van der Waals surface area (Å²) >= 11 is 0. The molecule has 2 N–H and O–H groups in total. The lowest BCUT2D eigenvalue weighted by Gasteiger charge is -2.15. The Labute approximate surface area is 84.5 Å². The van der Waals surface area contributed by atoms with Crippen LogP contribution in [0.3, 0.4) is 0 Å². The van der Waals surface area contributed by atoms with Gasteiger partial charge in [0.25, 0.3) is 0 Å². The largest absolute Gasteiger partial charge is 0.396 e. The summed E-state index contributed by atoms with van der Waals surface area (Å²) in [6.45, 7) is -1.46. The van der Waals surface area contributed by atoms with Crippen LogP contribution in [0.1, 0.15) is 19.3 Å². The van der Waals surface area contributed by atoms with Crippen molar-refractivity contribution in [2.24, 2.45) is 0 Å². The average molecular weight is 231 g/mol. The number of aliphatic hydroxyl groups is 1. The standard InChI is InChI=1S/C8H13F4NO2/c9-7(10)8(11,12)5-13-6(15)3-1-2-4-14/h7,14H,1-5H2,(H,13,15). The highest BCUT2D eigenvalue weighted by Gasteiger charge is 2.40. The van der Waals surface area contributed by atoms with Crippen LogP contribution in [0.2, 0.25) is 0 Å². The van der Waals surface area contributed by atoms with E-state index in [1.807, 2.05) is 0 Å². The van der Waals surface area contributed by atoms with Gasteiger partial charge in [0.2, 0.25) is 5.91 Å². The molecule has 0 atom stereocenters. The average Bonchev–Trinajstić information content (AvgIpc) is 2.15. The Bertz CT molecular complexity index is 199. The van der Waals surface area contributed by atoms with E-state index in [9.17, 15) is 22.4 Å². The van der Waals surface area contributed by atoms with Crippen LogP contribution < -0.4 is 5.32 Å². The van der Waals surface area contributed by atoms with Crippen molar-refractivity contribution in [1.29, 1.82) is 0 Å². The monoisotopic (exact) mass is 231 g/mol. The molecular weight excluding hydrogens is 218 g/mol. The molecule has 0 heterocycles. The van der Waals surface area contributed by atoms with Crippen molar-refractivity contribution in [3.63, 3.8) is 0 Å². The number of rotatable bonds is 7. The smallest absolute Gasteiger partial charge is 0.324 e. The van der Waals surface area contributed by atoms with Crippen molar-refractivity contribution in [3.05, 3.63) is 0 Å². The molecule has 15 heavy (non-hydrogen) atoms. The zero-order valence-electron chi connectivity index (χ0n) is 7.98. The lowest BCUT2D eigenvalue weighted by molar-refractivity contribution is -0.136. The fourth-order valence-corrected chi connectivity index (χ4v) is 0.779. The number of aliphatic hydroxyl groups excluding tert-OH is 1. The van der Waals surface area contributed by atoms with E-state index in [0.717, 1.165) is 0 Å². The van der Waals surface area contributed by atoms with E-state index in [2.05, 4.69) is 0 Å². The maximum absolute atomic E-state index is 12.3. The van der Waals surface area contributed by atoms with Gasteiger partial charge in [-0.2, -0.15) is 8.78 Å². The predicted octanol–water partition coefficient (Wildman–Crippen LogP) is 1.17. The number of carbonyl (C=O) groups is 1. The highest BCUT2D eigenvalue weighted by Crippen LogP contribution is 2.21. The Morgan fingerprint density at radius 3 is 2.40 bits per heavy atom. The molecule has 0 unspecified atom stereocenters. The molecule has 0 aromatic carbocycles. The maximum atomic E-state index is 12.3. The van der Waals surface area contributed by atoms with E-state index >= 15 is 0 Å². The van der Waals surface area contributed by atoms with Gasteiger partial charge < -0.3 is 10.4 Å². The molecule has 0 rings (SSSR count). The Kier molecular flexibility index (Phi) is 6.23. The number of amides is 1. The van der Waals surface area contributed by atoms with Crippen LogP contribution >= 0.6 is 0 Å². The van der Waals surface area contributed by atoms with Crippen LogP contribution in [0, 0.1) is 0 Å². The summed E-state index contributed by atoms with van der Waals surface area (Å²) < 4.78 is 47.9. The summed E-state index contributed by atoms with van der Waals surface area (Å²) in [7, 11) is 0. The van der Waals surface area contributed by atoms with E-state index in [-0.39, 0.29) is 13.0 Å². The van der Waals surface area contributed by atoms with Gasteiger partial charge in [-0.25, -0.2) is 8.78 Å². The Morgan fingerprint density at radius 1 is 1.33 bits per heavy atom. The van der Waals surface area contributed by atoms with Crippen LogP contribution in [-0.4, -0.2) is 36.5 Å². The van der Waals surface area contributed by atoms with Crippen molar-refractivity contribution in [3.8, 4) is 0 Å². The second kappa shape index (κ2) is 6.60. The van der Waals surface area contributed by atoms with Gasteiger partial charge in [0.1, 0.15) is 0 Å². The molecule has 7 heteroatoms. The summed E-state index contributed by atoms with van der Waals surface area (Å²) in [5.74, 6) is -4.91. The number of unbranched alkanes of at least 4 members (excludes halogenated alkanes) is 1. The second-order valence-electron chi connectivity index (χ2n) is 3.02. The molecule has 1 amide bonds. The molecule has 0 radical (unpaired) electrons. The van der Waals surface area contributed by atoms with Crippen LogP contribution in [0.15, 0.2) is 0 Å². The minimum absolute atomic E-state index is 0.0557. The van der Waals surface area contributed by atoms with E-state index in [1.165, 1.54) is 0 Å². The molecule has 0 saturated carbocycles. The molecule has 0 aliphatic rings. The van der Waals surface area contributed by atoms with Crippen LogP contribution in [0.25, 0.3) is 0 Å². The molecule has 3 nitrogen and oxygen atoms in total. The third-order valence-corrected chi connectivity index (χ3v) is 1.65. The number of hydrogen-bond acceptors (Lipinski definition) is 2. The van der Waals surface area contributed by atoms with Gasteiger partial charge in [0.05, 0.1) is 6.54 Å². The highest BCUT2D eigenvalue weighted by molar-refractivity contribution is 5.75. The highest BCUT2D eigenvalue weighted by atomic mass is 19.3. The molecule has 0 spiro atoms. The Morgan fingerprint density at radius 2 is 1.93 bits per heavy atom. The number of halogens is 4. The normalized spacial score (nSPS) is 11.9. The van der Waals surface area contributed by atoms with Crippen LogP contribution in [0.4, 0.5) is 17.6 Å². The van der Waals surface area contributed by atoms with Crippen LogP contribution in [0.5, 0.6) is 0 Å². The molecule has 0 aromatic rings. The van der Waals surface area contributed by atoms with Gasteiger partial charge in [0, 0.05) is 13.0 Å². The molecule has 0 aliphatic carbocycles. The zero-order valence-corrected chi connectivity index (χ0v) is 7.98. The Hall–Kier alpha value is -0.850. The lowest BCUT2D eigenvalue weighted by Crippen LogP contribution is -2.41. The van der Waals surface area contributed by atoms with Crippen molar-refractivity contribution in [2.75, 3.05) is 13.2 Å². The topological polar surface area (TPSA) is 49.3 Å². The van der Waals surface area contributed by atoms with E-state index in [4.69, 9.17) is 5.11 Å². The third-order valence-electron chi connectivity index (χ3n) is 1.65. The van der Waals surface area contributed by atoms with E-state index in [1.54, 1.807) is 5.32 Å². The molecule has 0 aliphatic heterocycles. The Balaban J connectivity index is 3.71. The van der Waals surface area contributed by atoms with Gasteiger partial charge in [-0.15, -0.1) is 0 Å². The summed E-state index contributed by atoms with van der Waals surface area (Å²) in [6.07, 6.45) is -3.13. The molecule has 0 fully saturated rings.